The highest BCUT2D eigenvalue weighted by Gasteiger charge is 2.22. The van der Waals surface area contributed by atoms with Crippen LogP contribution in [0.4, 0.5) is 0 Å². The van der Waals surface area contributed by atoms with E-state index in [1.165, 1.54) is 55.2 Å². The van der Waals surface area contributed by atoms with Crippen molar-refractivity contribution >= 4 is 0 Å². The van der Waals surface area contributed by atoms with E-state index in [1.807, 2.05) is 0 Å². The Hall–Kier alpha value is -1.56. The molecular weight excluding hydrogens is 276 g/mol. The summed E-state index contributed by atoms with van der Waals surface area (Å²) in [5.74, 6) is 1.75. The summed E-state index contributed by atoms with van der Waals surface area (Å²) in [5, 5.41) is 0. The molecule has 122 valence electrons. The third kappa shape index (κ3) is 4.05. The lowest BCUT2D eigenvalue weighted by atomic mass is 9.76. The van der Waals surface area contributed by atoms with Crippen LogP contribution < -0.4 is 0 Å². The number of rotatable bonds is 5. The summed E-state index contributed by atoms with van der Waals surface area (Å²) in [5.41, 5.74) is 5.65. The highest BCUT2D eigenvalue weighted by molar-refractivity contribution is 5.64. The molecule has 0 aliphatic heterocycles. The highest BCUT2D eigenvalue weighted by Crippen LogP contribution is 2.38. The van der Waals surface area contributed by atoms with Gasteiger partial charge >= 0.3 is 0 Å². The molecule has 2 atom stereocenters. The second-order valence-corrected chi connectivity index (χ2v) is 7.19. The van der Waals surface area contributed by atoms with Gasteiger partial charge in [0.2, 0.25) is 0 Å². The molecule has 0 bridgehead atoms. The van der Waals surface area contributed by atoms with Gasteiger partial charge in [-0.05, 0) is 53.4 Å². The van der Waals surface area contributed by atoms with Crippen molar-refractivity contribution in [1.82, 2.24) is 0 Å². The zero-order valence-corrected chi connectivity index (χ0v) is 14.7. The van der Waals surface area contributed by atoms with E-state index in [-0.39, 0.29) is 0 Å². The Morgan fingerprint density at radius 1 is 0.826 bits per heavy atom. The summed E-state index contributed by atoms with van der Waals surface area (Å²) in [6.45, 7) is 4.53. The van der Waals surface area contributed by atoms with E-state index in [9.17, 15) is 0 Å². The fraction of sp³-hybridized carbons (Fsp3) is 0.478. The summed E-state index contributed by atoms with van der Waals surface area (Å²) >= 11 is 0. The molecule has 0 aromatic heterocycles. The maximum Gasteiger partial charge on any atom is -0.0159 e. The van der Waals surface area contributed by atoms with Crippen molar-refractivity contribution in [3.8, 4) is 11.1 Å². The molecule has 0 heteroatoms. The predicted octanol–water partition coefficient (Wildman–Crippen LogP) is 6.99. The third-order valence-electron chi connectivity index (χ3n) is 5.56. The zero-order chi connectivity index (χ0) is 16.1. The Morgan fingerprint density at radius 2 is 1.48 bits per heavy atom. The molecule has 1 aliphatic carbocycles. The Kier molecular flexibility index (Phi) is 5.54. The van der Waals surface area contributed by atoms with Crippen LogP contribution >= 0.6 is 0 Å². The van der Waals surface area contributed by atoms with Gasteiger partial charge in [-0.25, -0.2) is 0 Å². The first-order chi connectivity index (χ1) is 11.3. The molecule has 2 aromatic rings. The van der Waals surface area contributed by atoms with Gasteiger partial charge in [0.25, 0.3) is 0 Å². The smallest absolute Gasteiger partial charge is 0.0159 e. The van der Waals surface area contributed by atoms with Crippen LogP contribution in [0.3, 0.4) is 0 Å². The number of hydrogen-bond donors (Lipinski definition) is 0. The van der Waals surface area contributed by atoms with Gasteiger partial charge in [-0.3, -0.25) is 0 Å². The normalized spacial score (nSPS) is 21.3. The van der Waals surface area contributed by atoms with Crippen molar-refractivity contribution in [2.45, 2.75) is 64.7 Å². The van der Waals surface area contributed by atoms with Gasteiger partial charge < -0.3 is 0 Å². The van der Waals surface area contributed by atoms with Gasteiger partial charge in [0, 0.05) is 0 Å². The monoisotopic (exact) mass is 306 g/mol. The molecule has 3 rings (SSSR count). The standard InChI is InChI=1S/C23H30/c1-3-6-19-7-5-8-23(17-19)22-15-13-21(14-16-22)20-11-9-18(4-2)10-12-20/h9-16,19,23H,3-8,17H2,1-2H3/t19-,23-/m1/s1. The van der Waals surface area contributed by atoms with Crippen molar-refractivity contribution in [3.63, 3.8) is 0 Å². The van der Waals surface area contributed by atoms with Gasteiger partial charge in [-0.2, -0.15) is 0 Å². The summed E-state index contributed by atoms with van der Waals surface area (Å²) < 4.78 is 0. The minimum Gasteiger partial charge on any atom is -0.0654 e. The highest BCUT2D eigenvalue weighted by atomic mass is 14.3. The van der Waals surface area contributed by atoms with Crippen molar-refractivity contribution < 1.29 is 0 Å². The Balaban J connectivity index is 1.71. The van der Waals surface area contributed by atoms with Crippen LogP contribution in [0.25, 0.3) is 11.1 Å². The first-order valence-corrected chi connectivity index (χ1v) is 9.49. The summed E-state index contributed by atoms with van der Waals surface area (Å²) in [7, 11) is 0. The first kappa shape index (κ1) is 16.3. The maximum atomic E-state index is 2.38. The van der Waals surface area contributed by atoms with Crippen molar-refractivity contribution in [2.75, 3.05) is 0 Å². The molecule has 23 heavy (non-hydrogen) atoms. The quantitative estimate of drug-likeness (QED) is 0.558. The fourth-order valence-electron chi connectivity index (χ4n) is 4.14. The van der Waals surface area contributed by atoms with Crippen LogP contribution in [0.5, 0.6) is 0 Å². The lowest BCUT2D eigenvalue weighted by Gasteiger charge is -2.29. The SMILES string of the molecule is CCC[C@@H]1CCC[C@@H](c2ccc(-c3ccc(CC)cc3)cc2)C1. The van der Waals surface area contributed by atoms with E-state index >= 15 is 0 Å². The van der Waals surface area contributed by atoms with E-state index in [2.05, 4.69) is 62.4 Å². The molecule has 0 unspecified atom stereocenters. The largest absolute Gasteiger partial charge is 0.0654 e. The van der Waals surface area contributed by atoms with Crippen molar-refractivity contribution in [1.29, 1.82) is 0 Å². The Labute approximate surface area is 141 Å². The molecule has 2 aromatic carbocycles. The summed E-state index contributed by atoms with van der Waals surface area (Å²) in [6, 6.07) is 18.4. The predicted molar refractivity (Wildman–Crippen MR) is 101 cm³/mol. The first-order valence-electron chi connectivity index (χ1n) is 9.49. The van der Waals surface area contributed by atoms with Crippen LogP contribution in [0, 0.1) is 5.92 Å². The summed E-state index contributed by atoms with van der Waals surface area (Å²) in [4.78, 5) is 0. The molecule has 0 nitrogen and oxygen atoms in total. The average molecular weight is 306 g/mol. The maximum absolute atomic E-state index is 2.38. The molecule has 0 heterocycles. The fourth-order valence-corrected chi connectivity index (χ4v) is 4.14. The van der Waals surface area contributed by atoms with Crippen LogP contribution in [0.2, 0.25) is 0 Å². The van der Waals surface area contributed by atoms with Gasteiger partial charge in [-0.1, -0.05) is 88.1 Å². The van der Waals surface area contributed by atoms with Crippen LogP contribution in [-0.2, 0) is 6.42 Å². The Bertz CT molecular complexity index is 589. The van der Waals surface area contributed by atoms with Crippen LogP contribution in [0.1, 0.15) is 69.4 Å². The van der Waals surface area contributed by atoms with Crippen LogP contribution in [-0.4, -0.2) is 0 Å². The van der Waals surface area contributed by atoms with Gasteiger partial charge in [0.1, 0.15) is 0 Å². The minimum absolute atomic E-state index is 0.789. The molecule has 0 amide bonds. The van der Waals surface area contributed by atoms with Crippen molar-refractivity contribution in [3.05, 3.63) is 59.7 Å². The number of hydrogen-bond acceptors (Lipinski definition) is 0. The topological polar surface area (TPSA) is 0 Å². The summed E-state index contributed by atoms with van der Waals surface area (Å²) in [6.07, 6.45) is 9.51. The van der Waals surface area contributed by atoms with E-state index in [4.69, 9.17) is 0 Å². The molecular formula is C23H30. The zero-order valence-electron chi connectivity index (χ0n) is 14.7. The van der Waals surface area contributed by atoms with Crippen molar-refractivity contribution in [2.24, 2.45) is 5.92 Å². The molecule has 1 saturated carbocycles. The number of benzene rings is 2. The van der Waals surface area contributed by atoms with E-state index < -0.39 is 0 Å². The van der Waals surface area contributed by atoms with E-state index in [0.29, 0.717) is 0 Å². The molecule has 0 radical (unpaired) electrons. The lowest BCUT2D eigenvalue weighted by Crippen LogP contribution is -2.14. The second kappa shape index (κ2) is 7.81. The molecule has 0 spiro atoms. The lowest BCUT2D eigenvalue weighted by molar-refractivity contribution is 0.304. The second-order valence-electron chi connectivity index (χ2n) is 7.19. The molecule has 0 saturated heterocycles. The molecule has 0 N–H and O–H groups in total. The molecule has 1 fully saturated rings. The van der Waals surface area contributed by atoms with E-state index in [1.54, 1.807) is 5.56 Å². The van der Waals surface area contributed by atoms with Crippen LogP contribution in [0.15, 0.2) is 48.5 Å². The number of aryl methyl sites for hydroxylation is 1. The van der Waals surface area contributed by atoms with Gasteiger partial charge in [0.15, 0.2) is 0 Å². The van der Waals surface area contributed by atoms with Gasteiger partial charge in [0.05, 0.1) is 0 Å². The minimum atomic E-state index is 0.789. The third-order valence-corrected chi connectivity index (χ3v) is 5.56. The van der Waals surface area contributed by atoms with E-state index in [0.717, 1.165) is 18.3 Å². The molecule has 1 aliphatic rings. The average Bonchev–Trinajstić information content (AvgIpc) is 2.62. The Morgan fingerprint density at radius 3 is 2.09 bits per heavy atom. The van der Waals surface area contributed by atoms with Gasteiger partial charge in [-0.15, -0.1) is 0 Å².